The quantitative estimate of drug-likeness (QED) is 0.525. The summed E-state index contributed by atoms with van der Waals surface area (Å²) in [7, 11) is 1.76. The molecule has 1 atom stereocenters. The largest absolute Gasteiger partial charge is 0.444 e. The Morgan fingerprint density at radius 2 is 2.00 bits per heavy atom. The van der Waals surface area contributed by atoms with E-state index in [2.05, 4.69) is 10.6 Å². The molecule has 0 saturated carbocycles. The first-order chi connectivity index (χ1) is 7.89. The van der Waals surface area contributed by atoms with Gasteiger partial charge in [-0.3, -0.25) is 0 Å². The third-order valence-electron chi connectivity index (χ3n) is 2.15. The van der Waals surface area contributed by atoms with Crippen LogP contribution >= 0.6 is 0 Å². The summed E-state index contributed by atoms with van der Waals surface area (Å²) in [5.41, 5.74) is -0.459. The second kappa shape index (κ2) is 8.06. The van der Waals surface area contributed by atoms with Crippen LogP contribution in [0.3, 0.4) is 0 Å². The summed E-state index contributed by atoms with van der Waals surface area (Å²) >= 11 is 0. The van der Waals surface area contributed by atoms with Gasteiger partial charge in [0.1, 0.15) is 11.9 Å². The number of hydrogen-bond acceptors (Lipinski definition) is 4. The molecular formula is C12H24N2O3. The molecule has 1 amide bonds. The Bertz CT molecular complexity index is 236. The van der Waals surface area contributed by atoms with Crippen LogP contribution in [0.5, 0.6) is 0 Å². The van der Waals surface area contributed by atoms with Gasteiger partial charge in [0, 0.05) is 6.54 Å². The Morgan fingerprint density at radius 3 is 2.47 bits per heavy atom. The number of likely N-dealkylation sites (N-methyl/N-ethyl adjacent to an activating group) is 1. The zero-order valence-corrected chi connectivity index (χ0v) is 11.2. The number of rotatable bonds is 7. The lowest BCUT2D eigenvalue weighted by Crippen LogP contribution is -2.33. The fourth-order valence-electron chi connectivity index (χ4n) is 1.27. The summed E-state index contributed by atoms with van der Waals surface area (Å²) in [6, 6.07) is -0.0865. The van der Waals surface area contributed by atoms with Gasteiger partial charge >= 0.3 is 6.09 Å². The van der Waals surface area contributed by atoms with Crippen molar-refractivity contribution in [1.29, 1.82) is 0 Å². The predicted molar refractivity (Wildman–Crippen MR) is 67.0 cm³/mol. The molecule has 100 valence electrons. The van der Waals surface area contributed by atoms with Gasteiger partial charge in [-0.25, -0.2) is 4.79 Å². The second-order valence-corrected chi connectivity index (χ2v) is 4.96. The highest BCUT2D eigenvalue weighted by Gasteiger charge is 2.15. The minimum absolute atomic E-state index is 0.0865. The van der Waals surface area contributed by atoms with Crippen molar-refractivity contribution in [2.45, 2.75) is 51.7 Å². The fourth-order valence-corrected chi connectivity index (χ4v) is 1.27. The zero-order chi connectivity index (χ0) is 13.3. The standard InChI is InChI=1S/C12H24N2O3/c1-12(2,3)17-11(16)14-8-6-5-7-10(9-15)13-4/h9-10,13H,5-8H2,1-4H3,(H,14,16). The lowest BCUT2D eigenvalue weighted by Gasteiger charge is -2.19. The highest BCUT2D eigenvalue weighted by molar-refractivity contribution is 5.67. The van der Waals surface area contributed by atoms with Crippen molar-refractivity contribution in [3.63, 3.8) is 0 Å². The van der Waals surface area contributed by atoms with Crippen LogP contribution in [-0.2, 0) is 9.53 Å². The highest BCUT2D eigenvalue weighted by Crippen LogP contribution is 2.06. The number of carbonyl (C=O) groups is 2. The van der Waals surface area contributed by atoms with Gasteiger partial charge in [-0.1, -0.05) is 0 Å². The molecule has 0 aromatic rings. The molecule has 17 heavy (non-hydrogen) atoms. The number of carbonyl (C=O) groups excluding carboxylic acids is 2. The van der Waals surface area contributed by atoms with E-state index in [1.54, 1.807) is 7.05 Å². The first kappa shape index (κ1) is 15.9. The van der Waals surface area contributed by atoms with Crippen molar-refractivity contribution in [1.82, 2.24) is 10.6 Å². The van der Waals surface area contributed by atoms with Crippen LogP contribution in [0.15, 0.2) is 0 Å². The van der Waals surface area contributed by atoms with Crippen LogP contribution in [-0.4, -0.2) is 37.6 Å². The molecule has 0 radical (unpaired) electrons. The third kappa shape index (κ3) is 9.81. The van der Waals surface area contributed by atoms with Crippen molar-refractivity contribution in [2.24, 2.45) is 0 Å². The SMILES string of the molecule is CNC(C=O)CCCCNC(=O)OC(C)(C)C. The van der Waals surface area contributed by atoms with E-state index >= 15 is 0 Å². The Morgan fingerprint density at radius 1 is 1.35 bits per heavy atom. The lowest BCUT2D eigenvalue weighted by molar-refractivity contribution is -0.109. The van der Waals surface area contributed by atoms with Crippen LogP contribution in [0.25, 0.3) is 0 Å². The second-order valence-electron chi connectivity index (χ2n) is 4.96. The van der Waals surface area contributed by atoms with E-state index < -0.39 is 11.7 Å². The average molecular weight is 244 g/mol. The van der Waals surface area contributed by atoms with E-state index in [0.717, 1.165) is 25.5 Å². The first-order valence-electron chi connectivity index (χ1n) is 5.98. The van der Waals surface area contributed by atoms with Gasteiger partial charge in [0.05, 0.1) is 6.04 Å². The number of unbranched alkanes of at least 4 members (excludes halogenated alkanes) is 1. The summed E-state index contributed by atoms with van der Waals surface area (Å²) < 4.78 is 5.09. The van der Waals surface area contributed by atoms with Gasteiger partial charge in [0.15, 0.2) is 0 Å². The predicted octanol–water partition coefficient (Wildman–Crippen LogP) is 1.47. The Labute approximate surface area is 103 Å². The van der Waals surface area contributed by atoms with Crippen LogP contribution in [0.4, 0.5) is 4.79 Å². The Kier molecular flexibility index (Phi) is 7.54. The van der Waals surface area contributed by atoms with Gasteiger partial charge in [0.2, 0.25) is 0 Å². The highest BCUT2D eigenvalue weighted by atomic mass is 16.6. The van der Waals surface area contributed by atoms with E-state index in [9.17, 15) is 9.59 Å². The molecule has 0 fully saturated rings. The minimum atomic E-state index is -0.459. The number of nitrogens with one attached hydrogen (secondary N) is 2. The molecule has 1 unspecified atom stereocenters. The third-order valence-corrected chi connectivity index (χ3v) is 2.15. The fraction of sp³-hybridized carbons (Fsp3) is 0.833. The van der Waals surface area contributed by atoms with Gasteiger partial charge in [-0.15, -0.1) is 0 Å². The van der Waals surface area contributed by atoms with Crippen LogP contribution in [0, 0.1) is 0 Å². The molecule has 0 aliphatic carbocycles. The molecule has 0 heterocycles. The summed E-state index contributed by atoms with van der Waals surface area (Å²) in [5, 5.41) is 5.58. The van der Waals surface area contributed by atoms with Crippen molar-refractivity contribution >= 4 is 12.4 Å². The summed E-state index contributed by atoms with van der Waals surface area (Å²) in [4.78, 5) is 21.8. The summed E-state index contributed by atoms with van der Waals surface area (Å²) in [6.45, 7) is 6.06. The van der Waals surface area contributed by atoms with E-state index in [4.69, 9.17) is 4.74 Å². The summed E-state index contributed by atoms with van der Waals surface area (Å²) in [5.74, 6) is 0. The number of hydrogen-bond donors (Lipinski definition) is 2. The van der Waals surface area contributed by atoms with Crippen LogP contribution in [0.2, 0.25) is 0 Å². The molecule has 0 rings (SSSR count). The van der Waals surface area contributed by atoms with Crippen LogP contribution < -0.4 is 10.6 Å². The molecule has 0 aliphatic heterocycles. The Hall–Kier alpha value is -1.10. The molecule has 0 bridgehead atoms. The molecule has 0 aliphatic rings. The molecular weight excluding hydrogens is 220 g/mol. The number of aldehydes is 1. The topological polar surface area (TPSA) is 67.4 Å². The van der Waals surface area contributed by atoms with Crippen molar-refractivity contribution in [3.8, 4) is 0 Å². The van der Waals surface area contributed by atoms with E-state index in [0.29, 0.717) is 6.54 Å². The molecule has 0 saturated heterocycles. The molecule has 0 spiro atoms. The van der Waals surface area contributed by atoms with Crippen LogP contribution in [0.1, 0.15) is 40.0 Å². The maximum atomic E-state index is 11.3. The van der Waals surface area contributed by atoms with E-state index in [-0.39, 0.29) is 6.04 Å². The first-order valence-corrected chi connectivity index (χ1v) is 5.98. The van der Waals surface area contributed by atoms with E-state index in [1.807, 2.05) is 20.8 Å². The lowest BCUT2D eigenvalue weighted by atomic mass is 10.1. The summed E-state index contributed by atoms with van der Waals surface area (Å²) in [6.07, 6.45) is 3.03. The zero-order valence-electron chi connectivity index (χ0n) is 11.2. The van der Waals surface area contributed by atoms with Crippen molar-refractivity contribution in [2.75, 3.05) is 13.6 Å². The Balaban J connectivity index is 3.52. The van der Waals surface area contributed by atoms with Crippen molar-refractivity contribution < 1.29 is 14.3 Å². The maximum Gasteiger partial charge on any atom is 0.407 e. The maximum absolute atomic E-state index is 11.3. The van der Waals surface area contributed by atoms with Gasteiger partial charge < -0.3 is 20.2 Å². The van der Waals surface area contributed by atoms with Gasteiger partial charge in [-0.05, 0) is 47.1 Å². The van der Waals surface area contributed by atoms with E-state index in [1.165, 1.54) is 0 Å². The minimum Gasteiger partial charge on any atom is -0.444 e. The van der Waals surface area contributed by atoms with Crippen molar-refractivity contribution in [3.05, 3.63) is 0 Å². The van der Waals surface area contributed by atoms with Gasteiger partial charge in [-0.2, -0.15) is 0 Å². The smallest absolute Gasteiger partial charge is 0.407 e. The van der Waals surface area contributed by atoms with Gasteiger partial charge in [0.25, 0.3) is 0 Å². The number of amides is 1. The molecule has 0 aromatic heterocycles. The number of alkyl carbamates (subject to hydrolysis) is 1. The molecule has 5 heteroatoms. The molecule has 0 aromatic carbocycles. The number of ether oxygens (including phenoxy) is 1. The molecule has 5 nitrogen and oxygen atoms in total. The average Bonchev–Trinajstić information content (AvgIpc) is 2.21. The molecule has 2 N–H and O–H groups in total. The monoisotopic (exact) mass is 244 g/mol. The normalized spacial score (nSPS) is 12.9.